The molecule has 1 fully saturated rings. The quantitative estimate of drug-likeness (QED) is 0.837. The zero-order valence-electron chi connectivity index (χ0n) is 11.8. The van der Waals surface area contributed by atoms with Crippen LogP contribution in [0.3, 0.4) is 0 Å². The number of aliphatic hydroxyl groups is 1. The van der Waals surface area contributed by atoms with E-state index >= 15 is 0 Å². The van der Waals surface area contributed by atoms with Gasteiger partial charge in [0.05, 0.1) is 11.8 Å². The molecule has 0 amide bonds. The summed E-state index contributed by atoms with van der Waals surface area (Å²) in [6.07, 6.45) is -5.02. The SMILES string of the molecule is CC1CC2=NNC(c3ccccc3)(C(F)(F)F)C=C2C(O)O1. The summed E-state index contributed by atoms with van der Waals surface area (Å²) in [6, 6.07) is 7.43. The van der Waals surface area contributed by atoms with Crippen LogP contribution >= 0.6 is 0 Å². The lowest BCUT2D eigenvalue weighted by Gasteiger charge is -2.39. The lowest BCUT2D eigenvalue weighted by molar-refractivity contribution is -0.187. The van der Waals surface area contributed by atoms with E-state index in [0.717, 1.165) is 6.08 Å². The van der Waals surface area contributed by atoms with Crippen molar-refractivity contribution in [2.45, 2.75) is 37.5 Å². The van der Waals surface area contributed by atoms with E-state index in [1.54, 1.807) is 13.0 Å². The van der Waals surface area contributed by atoms with Gasteiger partial charge in [-0.2, -0.15) is 18.3 Å². The van der Waals surface area contributed by atoms with E-state index < -0.39 is 18.0 Å². The Morgan fingerprint density at radius 3 is 2.64 bits per heavy atom. The first-order valence-corrected chi connectivity index (χ1v) is 6.86. The normalized spacial score (nSPS) is 31.7. The number of fused-ring (bicyclic) bond motifs is 1. The maximum atomic E-state index is 13.7. The summed E-state index contributed by atoms with van der Waals surface area (Å²) < 4.78 is 46.4. The van der Waals surface area contributed by atoms with Crippen LogP contribution in [0.4, 0.5) is 13.2 Å². The van der Waals surface area contributed by atoms with E-state index in [1.807, 2.05) is 0 Å². The van der Waals surface area contributed by atoms with Gasteiger partial charge < -0.3 is 9.84 Å². The molecule has 1 aromatic rings. The van der Waals surface area contributed by atoms with E-state index in [2.05, 4.69) is 10.5 Å². The number of aliphatic hydroxyl groups excluding tert-OH is 1. The Labute approximate surface area is 125 Å². The molecule has 0 spiro atoms. The number of benzene rings is 1. The van der Waals surface area contributed by atoms with Gasteiger partial charge in [-0.15, -0.1) is 0 Å². The molecule has 1 saturated heterocycles. The molecule has 1 aromatic carbocycles. The third-order valence-electron chi connectivity index (χ3n) is 3.86. The van der Waals surface area contributed by atoms with Gasteiger partial charge in [-0.1, -0.05) is 30.3 Å². The first-order chi connectivity index (χ1) is 10.3. The predicted octanol–water partition coefficient (Wildman–Crippen LogP) is 2.46. The van der Waals surface area contributed by atoms with Crippen LogP contribution in [0.1, 0.15) is 18.9 Å². The van der Waals surface area contributed by atoms with Crippen LogP contribution in [0.5, 0.6) is 0 Å². The van der Waals surface area contributed by atoms with Crippen LogP contribution in [0.15, 0.2) is 47.1 Å². The standard InChI is InChI=1S/C15H15F3N2O2/c1-9-7-12-11(13(21)22-9)8-14(20-19-12,15(16,17)18)10-5-3-2-4-6-10/h2-6,8-9,13,20-21H,7H2,1H3. The van der Waals surface area contributed by atoms with Crippen molar-refractivity contribution in [2.24, 2.45) is 5.10 Å². The van der Waals surface area contributed by atoms with Gasteiger partial charge in [0.1, 0.15) is 0 Å². The summed E-state index contributed by atoms with van der Waals surface area (Å²) >= 11 is 0. The third kappa shape index (κ3) is 2.30. The van der Waals surface area contributed by atoms with Crippen molar-refractivity contribution in [3.05, 3.63) is 47.5 Å². The van der Waals surface area contributed by atoms with Crippen LogP contribution < -0.4 is 5.43 Å². The van der Waals surface area contributed by atoms with E-state index in [-0.39, 0.29) is 17.2 Å². The molecule has 0 bridgehead atoms. The molecule has 2 aliphatic rings. The van der Waals surface area contributed by atoms with Crippen LogP contribution in [0, 0.1) is 0 Å². The van der Waals surface area contributed by atoms with Crippen LogP contribution in [-0.4, -0.2) is 29.4 Å². The number of rotatable bonds is 1. The summed E-state index contributed by atoms with van der Waals surface area (Å²) in [5.41, 5.74) is 0.237. The second kappa shape index (κ2) is 5.10. The average Bonchev–Trinajstić information content (AvgIpc) is 2.46. The van der Waals surface area contributed by atoms with Crippen LogP contribution in [0.2, 0.25) is 0 Å². The molecule has 0 aromatic heterocycles. The zero-order chi connectivity index (χ0) is 16.0. The molecule has 4 nitrogen and oxygen atoms in total. The van der Waals surface area contributed by atoms with Gasteiger partial charge in [-0.25, -0.2) is 0 Å². The maximum absolute atomic E-state index is 13.7. The number of hydrogen-bond donors (Lipinski definition) is 2. The fraction of sp³-hybridized carbons (Fsp3) is 0.400. The Balaban J connectivity index is 2.11. The largest absolute Gasteiger partial charge is 0.420 e. The predicted molar refractivity (Wildman–Crippen MR) is 74.0 cm³/mol. The molecule has 3 unspecified atom stereocenters. The number of alkyl halides is 3. The molecule has 0 aliphatic carbocycles. The fourth-order valence-corrected chi connectivity index (χ4v) is 2.72. The number of halogens is 3. The van der Waals surface area contributed by atoms with Crippen molar-refractivity contribution in [1.82, 2.24) is 5.43 Å². The number of nitrogens with zero attached hydrogens (tertiary/aromatic N) is 1. The zero-order valence-corrected chi connectivity index (χ0v) is 11.8. The monoisotopic (exact) mass is 312 g/mol. The van der Waals surface area contributed by atoms with Gasteiger partial charge in [0.2, 0.25) is 0 Å². The summed E-state index contributed by atoms with van der Waals surface area (Å²) in [5, 5.41) is 13.8. The van der Waals surface area contributed by atoms with Gasteiger partial charge in [0.15, 0.2) is 11.8 Å². The van der Waals surface area contributed by atoms with Crippen molar-refractivity contribution in [2.75, 3.05) is 0 Å². The number of ether oxygens (including phenoxy) is 1. The van der Waals surface area contributed by atoms with Gasteiger partial charge in [0.25, 0.3) is 0 Å². The molecular formula is C15H15F3N2O2. The molecular weight excluding hydrogens is 297 g/mol. The van der Waals surface area contributed by atoms with Crippen molar-refractivity contribution >= 4 is 5.71 Å². The maximum Gasteiger partial charge on any atom is 0.420 e. The second-order valence-corrected chi connectivity index (χ2v) is 5.44. The van der Waals surface area contributed by atoms with Crippen LogP contribution in [0.25, 0.3) is 0 Å². The van der Waals surface area contributed by atoms with Crippen LogP contribution in [-0.2, 0) is 10.3 Å². The van der Waals surface area contributed by atoms with Gasteiger partial charge >= 0.3 is 6.18 Å². The molecule has 7 heteroatoms. The third-order valence-corrected chi connectivity index (χ3v) is 3.86. The van der Waals surface area contributed by atoms with E-state index in [0.29, 0.717) is 12.1 Å². The molecule has 2 heterocycles. The molecule has 2 aliphatic heterocycles. The summed E-state index contributed by atoms with van der Waals surface area (Å²) in [4.78, 5) is 0. The number of hydrazone groups is 1. The van der Waals surface area contributed by atoms with E-state index in [9.17, 15) is 18.3 Å². The Bertz CT molecular complexity index is 627. The highest BCUT2D eigenvalue weighted by atomic mass is 19.4. The van der Waals surface area contributed by atoms with E-state index in [1.165, 1.54) is 24.3 Å². The lowest BCUT2D eigenvalue weighted by Crippen LogP contribution is -2.54. The first-order valence-electron chi connectivity index (χ1n) is 6.86. The van der Waals surface area contributed by atoms with Gasteiger partial charge in [-0.05, 0) is 18.6 Å². The molecule has 118 valence electrons. The lowest BCUT2D eigenvalue weighted by atomic mass is 9.84. The van der Waals surface area contributed by atoms with Crippen molar-refractivity contribution in [1.29, 1.82) is 0 Å². The minimum atomic E-state index is -4.63. The minimum Gasteiger partial charge on any atom is -0.364 e. The number of nitrogens with one attached hydrogen (secondary N) is 1. The van der Waals surface area contributed by atoms with Crippen molar-refractivity contribution in [3.8, 4) is 0 Å². The van der Waals surface area contributed by atoms with Gasteiger partial charge in [0, 0.05) is 12.0 Å². The molecule has 22 heavy (non-hydrogen) atoms. The Hall–Kier alpha value is -1.86. The first kappa shape index (κ1) is 15.1. The molecule has 0 radical (unpaired) electrons. The average molecular weight is 312 g/mol. The van der Waals surface area contributed by atoms with Crippen molar-refractivity contribution < 1.29 is 23.0 Å². The highest BCUT2D eigenvalue weighted by Crippen LogP contribution is 2.43. The van der Waals surface area contributed by atoms with E-state index in [4.69, 9.17) is 4.74 Å². The Kier molecular flexibility index (Phi) is 3.49. The highest BCUT2D eigenvalue weighted by Gasteiger charge is 2.57. The highest BCUT2D eigenvalue weighted by molar-refractivity contribution is 6.02. The Morgan fingerprint density at radius 1 is 1.32 bits per heavy atom. The molecule has 3 atom stereocenters. The number of hydrogen-bond acceptors (Lipinski definition) is 4. The summed E-state index contributed by atoms with van der Waals surface area (Å²) in [6.45, 7) is 1.73. The molecule has 3 rings (SSSR count). The summed E-state index contributed by atoms with van der Waals surface area (Å²) in [7, 11) is 0. The van der Waals surface area contributed by atoms with Crippen molar-refractivity contribution in [3.63, 3.8) is 0 Å². The summed E-state index contributed by atoms with van der Waals surface area (Å²) in [5.74, 6) is 0. The molecule has 0 saturated carbocycles. The Morgan fingerprint density at radius 2 is 2.00 bits per heavy atom. The second-order valence-electron chi connectivity index (χ2n) is 5.44. The van der Waals surface area contributed by atoms with Gasteiger partial charge in [-0.3, -0.25) is 5.43 Å². The fourth-order valence-electron chi connectivity index (χ4n) is 2.72. The smallest absolute Gasteiger partial charge is 0.364 e. The topological polar surface area (TPSA) is 53.9 Å². The molecule has 2 N–H and O–H groups in total. The minimum absolute atomic E-state index is 0.00335.